The summed E-state index contributed by atoms with van der Waals surface area (Å²) < 4.78 is 29.5. The average molecular weight is 310 g/mol. The van der Waals surface area contributed by atoms with Crippen molar-refractivity contribution >= 4 is 11.6 Å². The van der Waals surface area contributed by atoms with Crippen LogP contribution in [-0.4, -0.2) is 31.7 Å². The van der Waals surface area contributed by atoms with Crippen LogP contribution in [0.1, 0.15) is 20.3 Å². The monoisotopic (exact) mass is 310 g/mol. The second-order valence-corrected chi connectivity index (χ2v) is 5.51. The maximum atomic E-state index is 12.5. The Labute approximate surface area is 128 Å². The van der Waals surface area contributed by atoms with Crippen LogP contribution in [0.25, 0.3) is 0 Å². The molecular weight excluding hydrogens is 290 g/mol. The second kappa shape index (κ2) is 7.24. The van der Waals surface area contributed by atoms with Crippen molar-refractivity contribution in [2.24, 2.45) is 0 Å². The normalized spacial score (nSPS) is 17.5. The van der Waals surface area contributed by atoms with Gasteiger partial charge >= 0.3 is 6.61 Å². The van der Waals surface area contributed by atoms with Crippen molar-refractivity contribution in [3.63, 3.8) is 0 Å². The van der Waals surface area contributed by atoms with E-state index in [4.69, 9.17) is 0 Å². The lowest BCUT2D eigenvalue weighted by atomic mass is 10.2. The Balaban J connectivity index is 2.01. The molecule has 0 aromatic heterocycles. The van der Waals surface area contributed by atoms with Crippen LogP contribution < -0.4 is 15.0 Å². The molecule has 1 aliphatic rings. The molecule has 4 nitrogen and oxygen atoms in total. The van der Waals surface area contributed by atoms with E-state index < -0.39 is 6.61 Å². The quantitative estimate of drug-likeness (QED) is 0.850. The van der Waals surface area contributed by atoms with Gasteiger partial charge < -0.3 is 15.0 Å². The zero-order chi connectivity index (χ0) is 16.1. The van der Waals surface area contributed by atoms with Crippen LogP contribution in [-0.2, 0) is 4.79 Å². The van der Waals surface area contributed by atoms with Gasteiger partial charge in [0.2, 0.25) is 5.91 Å². The summed E-state index contributed by atoms with van der Waals surface area (Å²) in [6.07, 6.45) is 2.32. The first-order valence-corrected chi connectivity index (χ1v) is 7.20. The third kappa shape index (κ3) is 4.44. The van der Waals surface area contributed by atoms with Crippen molar-refractivity contribution in [3.8, 4) is 5.75 Å². The molecule has 0 radical (unpaired) electrons. The van der Waals surface area contributed by atoms with Gasteiger partial charge in [-0.3, -0.25) is 4.79 Å². The van der Waals surface area contributed by atoms with Gasteiger partial charge in [0.15, 0.2) is 0 Å². The minimum atomic E-state index is -2.85. The lowest BCUT2D eigenvalue weighted by Crippen LogP contribution is -2.36. The molecule has 2 rings (SSSR count). The Morgan fingerprint density at radius 3 is 2.82 bits per heavy atom. The molecule has 1 aliphatic heterocycles. The molecule has 1 atom stereocenters. The standard InChI is InChI=1S/C16H20F2N2O2/c1-11(2)9-15(21)19-12-7-8-20(10-12)13-5-3-4-6-14(13)22-16(17)18/h3-6,9,12,16H,7-8,10H2,1-2H3,(H,19,21)/t12-/m1/s1. The van der Waals surface area contributed by atoms with Crippen molar-refractivity contribution in [3.05, 3.63) is 35.9 Å². The number of benzene rings is 1. The Bertz CT molecular complexity index is 557. The van der Waals surface area contributed by atoms with Crippen molar-refractivity contribution in [2.75, 3.05) is 18.0 Å². The lowest BCUT2D eigenvalue weighted by molar-refractivity contribution is -0.117. The van der Waals surface area contributed by atoms with Gasteiger partial charge in [-0.25, -0.2) is 0 Å². The minimum absolute atomic E-state index is 0.00251. The molecule has 1 N–H and O–H groups in total. The number of nitrogens with one attached hydrogen (secondary N) is 1. The van der Waals surface area contributed by atoms with Gasteiger partial charge in [-0.15, -0.1) is 0 Å². The topological polar surface area (TPSA) is 41.6 Å². The molecule has 1 saturated heterocycles. The van der Waals surface area contributed by atoms with Crippen molar-refractivity contribution < 1.29 is 18.3 Å². The molecule has 0 unspecified atom stereocenters. The highest BCUT2D eigenvalue weighted by atomic mass is 19.3. The van der Waals surface area contributed by atoms with E-state index in [-0.39, 0.29) is 17.7 Å². The predicted octanol–water partition coefficient (Wildman–Crippen LogP) is 2.95. The number of hydrogen-bond donors (Lipinski definition) is 1. The smallest absolute Gasteiger partial charge is 0.387 e. The maximum absolute atomic E-state index is 12.5. The molecular formula is C16H20F2N2O2. The molecule has 0 bridgehead atoms. The van der Waals surface area contributed by atoms with Gasteiger partial charge in [0.05, 0.1) is 5.69 Å². The summed E-state index contributed by atoms with van der Waals surface area (Å²) in [6.45, 7) is 2.13. The highest BCUT2D eigenvalue weighted by molar-refractivity contribution is 5.88. The van der Waals surface area contributed by atoms with Gasteiger partial charge in [-0.1, -0.05) is 17.7 Å². The highest BCUT2D eigenvalue weighted by Gasteiger charge is 2.26. The number of carbonyl (C=O) groups excluding carboxylic acids is 1. The molecule has 0 saturated carbocycles. The zero-order valence-corrected chi connectivity index (χ0v) is 12.7. The molecule has 1 aromatic rings. The maximum Gasteiger partial charge on any atom is 0.387 e. The van der Waals surface area contributed by atoms with Crippen LogP contribution in [0.5, 0.6) is 5.75 Å². The molecule has 0 spiro atoms. The lowest BCUT2D eigenvalue weighted by Gasteiger charge is -2.21. The summed E-state index contributed by atoms with van der Waals surface area (Å²) in [5, 5.41) is 2.92. The number of nitrogens with zero attached hydrogens (tertiary/aromatic N) is 1. The number of carbonyl (C=O) groups is 1. The van der Waals surface area contributed by atoms with Gasteiger partial charge in [-0.05, 0) is 32.4 Å². The average Bonchev–Trinajstić information content (AvgIpc) is 2.85. The third-order valence-corrected chi connectivity index (χ3v) is 3.38. The Hall–Kier alpha value is -2.11. The SMILES string of the molecule is CC(C)=CC(=O)N[C@@H]1CCN(c2ccccc2OC(F)F)C1. The van der Waals surface area contributed by atoms with Crippen LogP contribution in [0, 0.1) is 0 Å². The van der Waals surface area contributed by atoms with E-state index in [1.54, 1.807) is 24.3 Å². The number of alkyl halides is 2. The Kier molecular flexibility index (Phi) is 5.35. The number of para-hydroxylation sites is 2. The molecule has 120 valence electrons. The largest absolute Gasteiger partial charge is 0.433 e. The van der Waals surface area contributed by atoms with E-state index in [2.05, 4.69) is 10.1 Å². The Morgan fingerprint density at radius 1 is 1.41 bits per heavy atom. The number of halogens is 2. The molecule has 1 fully saturated rings. The number of anilines is 1. The molecule has 22 heavy (non-hydrogen) atoms. The molecule has 1 heterocycles. The number of hydrogen-bond acceptors (Lipinski definition) is 3. The van der Waals surface area contributed by atoms with Crippen LogP contribution in [0.4, 0.5) is 14.5 Å². The number of allylic oxidation sites excluding steroid dienone is 1. The van der Waals surface area contributed by atoms with Gasteiger partial charge in [0.25, 0.3) is 0 Å². The second-order valence-electron chi connectivity index (χ2n) is 5.51. The van der Waals surface area contributed by atoms with Gasteiger partial charge in [0.1, 0.15) is 5.75 Å². The fraction of sp³-hybridized carbons (Fsp3) is 0.438. The zero-order valence-electron chi connectivity index (χ0n) is 12.7. The van der Waals surface area contributed by atoms with Crippen molar-refractivity contribution in [2.45, 2.75) is 32.9 Å². The van der Waals surface area contributed by atoms with E-state index in [1.807, 2.05) is 18.7 Å². The number of amides is 1. The van der Waals surface area contributed by atoms with Crippen LogP contribution in [0.15, 0.2) is 35.9 Å². The summed E-state index contributed by atoms with van der Waals surface area (Å²) in [5.41, 5.74) is 1.56. The fourth-order valence-electron chi connectivity index (χ4n) is 2.52. The van der Waals surface area contributed by atoms with Gasteiger partial charge in [-0.2, -0.15) is 8.78 Å². The summed E-state index contributed by atoms with van der Waals surface area (Å²) in [6, 6.07) is 6.71. The van der Waals surface area contributed by atoms with Crippen molar-refractivity contribution in [1.82, 2.24) is 5.32 Å². The van der Waals surface area contributed by atoms with E-state index >= 15 is 0 Å². The first-order chi connectivity index (χ1) is 10.5. The molecule has 1 amide bonds. The predicted molar refractivity (Wildman–Crippen MR) is 81.3 cm³/mol. The van der Waals surface area contributed by atoms with E-state index in [9.17, 15) is 13.6 Å². The van der Waals surface area contributed by atoms with E-state index in [0.29, 0.717) is 18.8 Å². The molecule has 6 heteroatoms. The number of rotatable bonds is 5. The van der Waals surface area contributed by atoms with Gasteiger partial charge in [0, 0.05) is 25.2 Å². The summed E-state index contributed by atoms with van der Waals surface area (Å²) in [5.74, 6) is 0.0396. The molecule has 0 aliphatic carbocycles. The van der Waals surface area contributed by atoms with Crippen LogP contribution in [0.2, 0.25) is 0 Å². The van der Waals surface area contributed by atoms with Crippen LogP contribution >= 0.6 is 0 Å². The Morgan fingerprint density at radius 2 is 2.14 bits per heavy atom. The summed E-state index contributed by atoms with van der Waals surface area (Å²) in [4.78, 5) is 13.7. The number of ether oxygens (including phenoxy) is 1. The van der Waals surface area contributed by atoms with E-state index in [0.717, 1.165) is 12.0 Å². The van der Waals surface area contributed by atoms with Crippen molar-refractivity contribution in [1.29, 1.82) is 0 Å². The van der Waals surface area contributed by atoms with E-state index in [1.165, 1.54) is 6.07 Å². The minimum Gasteiger partial charge on any atom is -0.433 e. The van der Waals surface area contributed by atoms with Crippen LogP contribution in [0.3, 0.4) is 0 Å². The third-order valence-electron chi connectivity index (χ3n) is 3.38. The fourth-order valence-corrected chi connectivity index (χ4v) is 2.52. The molecule has 1 aromatic carbocycles. The summed E-state index contributed by atoms with van der Waals surface area (Å²) >= 11 is 0. The highest BCUT2D eigenvalue weighted by Crippen LogP contribution is 2.31. The summed E-state index contributed by atoms with van der Waals surface area (Å²) in [7, 11) is 0. The first-order valence-electron chi connectivity index (χ1n) is 7.20. The first kappa shape index (κ1) is 16.3.